The van der Waals surface area contributed by atoms with Crippen molar-refractivity contribution in [2.24, 2.45) is 0 Å². The van der Waals surface area contributed by atoms with Gasteiger partial charge in [-0.3, -0.25) is 0 Å². The Morgan fingerprint density at radius 3 is 2.54 bits per heavy atom. The molecule has 1 aliphatic heterocycles. The molecule has 24 heavy (non-hydrogen) atoms. The van der Waals surface area contributed by atoms with Crippen LogP contribution in [0.2, 0.25) is 0 Å². The van der Waals surface area contributed by atoms with Gasteiger partial charge in [-0.2, -0.15) is 0 Å². The summed E-state index contributed by atoms with van der Waals surface area (Å²) in [6, 6.07) is 7.85. The number of hydrogen-bond acceptors (Lipinski definition) is 5. The second-order valence-electron chi connectivity index (χ2n) is 6.48. The highest BCUT2D eigenvalue weighted by Crippen LogP contribution is 2.44. The molecule has 5 nitrogen and oxygen atoms in total. The normalized spacial score (nSPS) is 21.4. The molecule has 4 rings (SSSR count). The molecule has 0 saturated heterocycles. The summed E-state index contributed by atoms with van der Waals surface area (Å²) in [5.41, 5.74) is 4.44. The zero-order valence-corrected chi connectivity index (χ0v) is 13.8. The molecular formula is C19H21NO4. The van der Waals surface area contributed by atoms with E-state index >= 15 is 0 Å². The number of phenols is 2. The van der Waals surface area contributed by atoms with E-state index in [2.05, 4.69) is 5.32 Å². The Balaban J connectivity index is 1.77. The molecule has 2 aromatic carbocycles. The van der Waals surface area contributed by atoms with E-state index in [4.69, 9.17) is 9.47 Å². The number of hydrogen-bond donors (Lipinski definition) is 3. The smallest absolute Gasteiger partial charge is 0.161 e. The minimum absolute atomic E-state index is 0.176. The summed E-state index contributed by atoms with van der Waals surface area (Å²) in [4.78, 5) is 0. The van der Waals surface area contributed by atoms with Crippen molar-refractivity contribution in [1.29, 1.82) is 0 Å². The number of fused-ring (bicyclic) bond motifs is 4. The first-order chi connectivity index (χ1) is 11.6. The average molecular weight is 327 g/mol. The van der Waals surface area contributed by atoms with Crippen molar-refractivity contribution in [3.05, 3.63) is 46.5 Å². The van der Waals surface area contributed by atoms with Crippen LogP contribution in [0.15, 0.2) is 24.3 Å². The van der Waals surface area contributed by atoms with Crippen molar-refractivity contribution >= 4 is 0 Å². The van der Waals surface area contributed by atoms with Crippen LogP contribution < -0.4 is 14.8 Å². The summed E-state index contributed by atoms with van der Waals surface area (Å²) in [6.07, 6.45) is 1.59. The van der Waals surface area contributed by atoms with E-state index in [0.717, 1.165) is 29.5 Å². The number of aromatic hydroxyl groups is 2. The van der Waals surface area contributed by atoms with Crippen molar-refractivity contribution in [1.82, 2.24) is 5.32 Å². The van der Waals surface area contributed by atoms with Gasteiger partial charge in [-0.1, -0.05) is 6.07 Å². The van der Waals surface area contributed by atoms with Gasteiger partial charge in [-0.25, -0.2) is 0 Å². The molecule has 2 aliphatic rings. The molecule has 0 spiro atoms. The van der Waals surface area contributed by atoms with E-state index < -0.39 is 0 Å². The predicted octanol–water partition coefficient (Wildman–Crippen LogP) is 2.47. The maximum absolute atomic E-state index is 10.4. The molecule has 1 heterocycles. The quantitative estimate of drug-likeness (QED) is 0.790. The van der Waals surface area contributed by atoms with Crippen LogP contribution in [0.3, 0.4) is 0 Å². The summed E-state index contributed by atoms with van der Waals surface area (Å²) < 4.78 is 10.5. The highest BCUT2D eigenvalue weighted by atomic mass is 16.5. The molecule has 0 aromatic heterocycles. The van der Waals surface area contributed by atoms with E-state index in [1.165, 1.54) is 5.56 Å². The maximum atomic E-state index is 10.4. The Labute approximate surface area is 140 Å². The van der Waals surface area contributed by atoms with Crippen LogP contribution in [0.4, 0.5) is 0 Å². The van der Waals surface area contributed by atoms with Gasteiger partial charge in [0.2, 0.25) is 0 Å². The SMILES string of the molecule is COc1cc2c(cc1O)CNC1Cc3c(ccc(OC)c3O)CC21. The summed E-state index contributed by atoms with van der Waals surface area (Å²) in [5, 5.41) is 24.0. The lowest BCUT2D eigenvalue weighted by molar-refractivity contribution is 0.343. The molecule has 1 aliphatic carbocycles. The topological polar surface area (TPSA) is 71.0 Å². The monoisotopic (exact) mass is 327 g/mol. The fourth-order valence-electron chi connectivity index (χ4n) is 4.05. The van der Waals surface area contributed by atoms with Crippen LogP contribution in [0.1, 0.15) is 28.2 Å². The third-order valence-electron chi connectivity index (χ3n) is 5.31. The Kier molecular flexibility index (Phi) is 3.53. The molecule has 5 heteroatoms. The highest BCUT2D eigenvalue weighted by molar-refractivity contribution is 5.55. The van der Waals surface area contributed by atoms with Gasteiger partial charge < -0.3 is 25.0 Å². The van der Waals surface area contributed by atoms with E-state index in [0.29, 0.717) is 24.0 Å². The van der Waals surface area contributed by atoms with E-state index in [9.17, 15) is 10.2 Å². The van der Waals surface area contributed by atoms with Gasteiger partial charge in [0.15, 0.2) is 23.0 Å². The van der Waals surface area contributed by atoms with Crippen molar-refractivity contribution in [2.45, 2.75) is 31.3 Å². The van der Waals surface area contributed by atoms with Crippen LogP contribution in [0.25, 0.3) is 0 Å². The predicted molar refractivity (Wildman–Crippen MR) is 90.1 cm³/mol. The second kappa shape index (κ2) is 5.60. The third-order valence-corrected chi connectivity index (χ3v) is 5.31. The molecule has 0 saturated carbocycles. The van der Waals surface area contributed by atoms with E-state index in [-0.39, 0.29) is 17.5 Å². The van der Waals surface area contributed by atoms with E-state index in [1.807, 2.05) is 18.2 Å². The Hall–Kier alpha value is -2.40. The first-order valence-corrected chi connectivity index (χ1v) is 8.13. The molecule has 3 N–H and O–H groups in total. The van der Waals surface area contributed by atoms with Gasteiger partial charge in [0, 0.05) is 24.1 Å². The molecule has 0 bridgehead atoms. The van der Waals surface area contributed by atoms with E-state index in [1.54, 1.807) is 20.3 Å². The third kappa shape index (κ3) is 2.19. The number of nitrogens with one attached hydrogen (secondary N) is 1. The summed E-state index contributed by atoms with van der Waals surface area (Å²) >= 11 is 0. The fraction of sp³-hybridized carbons (Fsp3) is 0.368. The number of ether oxygens (including phenoxy) is 2. The molecular weight excluding hydrogens is 306 g/mol. The minimum atomic E-state index is 0.176. The van der Waals surface area contributed by atoms with Crippen LogP contribution in [-0.4, -0.2) is 30.5 Å². The van der Waals surface area contributed by atoms with Gasteiger partial charge >= 0.3 is 0 Å². The number of rotatable bonds is 2. The van der Waals surface area contributed by atoms with Crippen LogP contribution in [-0.2, 0) is 19.4 Å². The second-order valence-corrected chi connectivity index (χ2v) is 6.48. The van der Waals surface area contributed by atoms with Crippen LogP contribution in [0.5, 0.6) is 23.0 Å². The Morgan fingerprint density at radius 1 is 1.00 bits per heavy atom. The van der Waals surface area contributed by atoms with Gasteiger partial charge in [0.05, 0.1) is 14.2 Å². The lowest BCUT2D eigenvalue weighted by Gasteiger charge is -2.39. The molecule has 0 fully saturated rings. The lowest BCUT2D eigenvalue weighted by Crippen LogP contribution is -2.44. The standard InChI is InChI=1S/C19H21NO4/c1-23-17-4-3-10-5-14-12-8-18(24-2)16(21)6-11(12)9-20-15(14)7-13(10)19(17)22/h3-4,6,8,14-15,20-22H,5,7,9H2,1-2H3. The number of methoxy groups -OCH3 is 2. The molecule has 2 unspecified atom stereocenters. The lowest BCUT2D eigenvalue weighted by atomic mass is 9.73. The first kappa shape index (κ1) is 15.1. The molecule has 0 radical (unpaired) electrons. The largest absolute Gasteiger partial charge is 0.504 e. The number of benzene rings is 2. The van der Waals surface area contributed by atoms with Gasteiger partial charge in [-0.15, -0.1) is 0 Å². The summed E-state index contributed by atoms with van der Waals surface area (Å²) in [5.74, 6) is 1.76. The molecule has 0 amide bonds. The maximum Gasteiger partial charge on any atom is 0.161 e. The Morgan fingerprint density at radius 2 is 1.79 bits per heavy atom. The van der Waals surface area contributed by atoms with Gasteiger partial charge in [-0.05, 0) is 47.7 Å². The van der Waals surface area contributed by atoms with Crippen LogP contribution in [0, 0.1) is 0 Å². The zero-order valence-electron chi connectivity index (χ0n) is 13.8. The van der Waals surface area contributed by atoms with Crippen LogP contribution >= 0.6 is 0 Å². The zero-order chi connectivity index (χ0) is 16.8. The summed E-state index contributed by atoms with van der Waals surface area (Å²) in [6.45, 7) is 0.702. The van der Waals surface area contributed by atoms with Crippen molar-refractivity contribution in [3.63, 3.8) is 0 Å². The molecule has 2 atom stereocenters. The van der Waals surface area contributed by atoms with Crippen molar-refractivity contribution in [2.75, 3.05) is 14.2 Å². The number of phenolic OH excluding ortho intramolecular Hbond substituents is 2. The van der Waals surface area contributed by atoms with Crippen molar-refractivity contribution < 1.29 is 19.7 Å². The minimum Gasteiger partial charge on any atom is -0.504 e. The molecule has 126 valence electrons. The van der Waals surface area contributed by atoms with Crippen molar-refractivity contribution in [3.8, 4) is 23.0 Å². The molecule has 2 aromatic rings. The Bertz CT molecular complexity index is 802. The van der Waals surface area contributed by atoms with Gasteiger partial charge in [0.1, 0.15) is 0 Å². The average Bonchev–Trinajstić information content (AvgIpc) is 2.60. The summed E-state index contributed by atoms with van der Waals surface area (Å²) in [7, 11) is 3.14. The highest BCUT2D eigenvalue weighted by Gasteiger charge is 2.36. The fourth-order valence-corrected chi connectivity index (χ4v) is 4.05. The van der Waals surface area contributed by atoms with Gasteiger partial charge in [0.25, 0.3) is 0 Å². The first-order valence-electron chi connectivity index (χ1n) is 8.13.